The molecule has 0 atom stereocenters. The van der Waals surface area contributed by atoms with Crippen molar-refractivity contribution in [3.05, 3.63) is 28.7 Å². The highest BCUT2D eigenvalue weighted by atomic mass is 79.9. The van der Waals surface area contributed by atoms with Crippen molar-refractivity contribution >= 4 is 22.0 Å². The molecule has 1 amide bonds. The molecular formula is C9H10BrNO3. The first kappa shape index (κ1) is 10.8. The molecule has 0 saturated heterocycles. The fourth-order valence-corrected chi connectivity index (χ4v) is 1.12. The third-order valence-electron chi connectivity index (χ3n) is 1.46. The predicted octanol–water partition coefficient (Wildman–Crippen LogP) is 2.10. The van der Waals surface area contributed by atoms with Crippen LogP contribution in [0.1, 0.15) is 0 Å². The maximum atomic E-state index is 10.1. The molecule has 0 bridgehead atoms. The van der Waals surface area contributed by atoms with E-state index in [4.69, 9.17) is 9.84 Å². The molecular weight excluding hydrogens is 250 g/mol. The minimum atomic E-state index is -1.04. The minimum absolute atomic E-state index is 0.283. The van der Waals surface area contributed by atoms with Crippen LogP contribution in [0.15, 0.2) is 28.7 Å². The fourth-order valence-electron chi connectivity index (χ4n) is 0.858. The quantitative estimate of drug-likeness (QED) is 0.815. The van der Waals surface area contributed by atoms with Gasteiger partial charge in [-0.3, -0.25) is 0 Å². The normalized spacial score (nSPS) is 9.50. The first-order chi connectivity index (χ1) is 6.68. The molecule has 0 fully saturated rings. The van der Waals surface area contributed by atoms with E-state index in [0.717, 1.165) is 10.2 Å². The molecule has 0 aromatic heterocycles. The number of halogens is 1. The summed E-state index contributed by atoms with van der Waals surface area (Å²) in [5.41, 5.74) is 0. The lowest BCUT2D eigenvalue weighted by Crippen LogP contribution is -2.26. The van der Waals surface area contributed by atoms with Gasteiger partial charge in [-0.2, -0.15) is 0 Å². The van der Waals surface area contributed by atoms with Crippen molar-refractivity contribution in [2.24, 2.45) is 0 Å². The van der Waals surface area contributed by atoms with Crippen LogP contribution in [0.25, 0.3) is 0 Å². The van der Waals surface area contributed by atoms with E-state index in [-0.39, 0.29) is 6.54 Å². The molecule has 1 aromatic rings. The van der Waals surface area contributed by atoms with E-state index in [1.807, 2.05) is 24.3 Å². The van der Waals surface area contributed by atoms with E-state index in [2.05, 4.69) is 21.2 Å². The molecule has 0 aliphatic rings. The van der Waals surface area contributed by atoms with Crippen LogP contribution in [-0.2, 0) is 0 Å². The Morgan fingerprint density at radius 3 is 2.64 bits per heavy atom. The molecule has 0 aliphatic heterocycles. The summed E-state index contributed by atoms with van der Waals surface area (Å²) >= 11 is 3.30. The Morgan fingerprint density at radius 2 is 2.07 bits per heavy atom. The van der Waals surface area contributed by atoms with Crippen LogP contribution in [0.4, 0.5) is 4.79 Å². The molecule has 0 unspecified atom stereocenters. The Hall–Kier alpha value is -1.23. The van der Waals surface area contributed by atoms with E-state index in [1.54, 1.807) is 0 Å². The zero-order valence-corrected chi connectivity index (χ0v) is 8.95. The molecule has 5 heteroatoms. The number of carboxylic acid groups (broad SMARTS) is 1. The van der Waals surface area contributed by atoms with E-state index < -0.39 is 6.09 Å². The Balaban J connectivity index is 2.25. The number of ether oxygens (including phenoxy) is 1. The van der Waals surface area contributed by atoms with Crippen molar-refractivity contribution in [1.82, 2.24) is 5.32 Å². The molecule has 0 spiro atoms. The number of carbonyl (C=O) groups is 1. The molecule has 0 saturated carbocycles. The highest BCUT2D eigenvalue weighted by Gasteiger charge is 1.95. The second-order valence-electron chi connectivity index (χ2n) is 2.53. The summed E-state index contributed by atoms with van der Waals surface area (Å²) in [5, 5.41) is 10.5. The maximum Gasteiger partial charge on any atom is 0.404 e. The molecule has 1 aromatic carbocycles. The van der Waals surface area contributed by atoms with Crippen LogP contribution in [0, 0.1) is 0 Å². The van der Waals surface area contributed by atoms with Gasteiger partial charge in [0.25, 0.3) is 0 Å². The standard InChI is InChI=1S/C9H10BrNO3/c10-7-1-3-8(4-2-7)14-6-5-11-9(12)13/h1-4,11H,5-6H2,(H,12,13). The Bertz CT molecular complexity index is 299. The van der Waals surface area contributed by atoms with Gasteiger partial charge in [-0.1, -0.05) is 15.9 Å². The van der Waals surface area contributed by atoms with Gasteiger partial charge in [0.2, 0.25) is 0 Å². The molecule has 0 heterocycles. The average Bonchev–Trinajstić information content (AvgIpc) is 2.15. The smallest absolute Gasteiger partial charge is 0.404 e. The molecule has 0 radical (unpaired) electrons. The van der Waals surface area contributed by atoms with Gasteiger partial charge in [-0.05, 0) is 24.3 Å². The summed E-state index contributed by atoms with van der Waals surface area (Å²) in [5.74, 6) is 0.723. The zero-order chi connectivity index (χ0) is 10.4. The van der Waals surface area contributed by atoms with Crippen molar-refractivity contribution in [3.63, 3.8) is 0 Å². The fraction of sp³-hybridized carbons (Fsp3) is 0.222. The van der Waals surface area contributed by atoms with Crippen molar-refractivity contribution in [2.45, 2.75) is 0 Å². The van der Waals surface area contributed by atoms with E-state index in [9.17, 15) is 4.79 Å². The first-order valence-electron chi connectivity index (χ1n) is 4.03. The summed E-state index contributed by atoms with van der Waals surface area (Å²) in [6.45, 7) is 0.610. The van der Waals surface area contributed by atoms with Gasteiger partial charge in [0.1, 0.15) is 12.4 Å². The van der Waals surface area contributed by atoms with Crippen molar-refractivity contribution in [3.8, 4) is 5.75 Å². The summed E-state index contributed by atoms with van der Waals surface area (Å²) in [6, 6.07) is 7.34. The van der Waals surface area contributed by atoms with Gasteiger partial charge in [0.05, 0.1) is 6.54 Å². The van der Waals surface area contributed by atoms with E-state index in [1.165, 1.54) is 0 Å². The molecule has 4 nitrogen and oxygen atoms in total. The Kier molecular flexibility index (Phi) is 4.25. The summed E-state index contributed by atoms with van der Waals surface area (Å²) in [4.78, 5) is 10.1. The van der Waals surface area contributed by atoms with Crippen LogP contribution in [0.2, 0.25) is 0 Å². The summed E-state index contributed by atoms with van der Waals surface area (Å²) in [6.07, 6.45) is -1.04. The number of amides is 1. The van der Waals surface area contributed by atoms with Crippen LogP contribution in [0.3, 0.4) is 0 Å². The third-order valence-corrected chi connectivity index (χ3v) is 1.99. The second-order valence-corrected chi connectivity index (χ2v) is 3.45. The van der Waals surface area contributed by atoms with Gasteiger partial charge in [0, 0.05) is 4.47 Å². The summed E-state index contributed by atoms with van der Waals surface area (Å²) < 4.78 is 6.24. The summed E-state index contributed by atoms with van der Waals surface area (Å²) in [7, 11) is 0. The number of rotatable bonds is 4. The average molecular weight is 260 g/mol. The number of hydrogen-bond donors (Lipinski definition) is 2. The van der Waals surface area contributed by atoms with Crippen molar-refractivity contribution in [2.75, 3.05) is 13.2 Å². The largest absolute Gasteiger partial charge is 0.492 e. The highest BCUT2D eigenvalue weighted by Crippen LogP contribution is 2.15. The van der Waals surface area contributed by atoms with Crippen LogP contribution in [-0.4, -0.2) is 24.4 Å². The molecule has 2 N–H and O–H groups in total. The minimum Gasteiger partial charge on any atom is -0.492 e. The molecule has 0 aliphatic carbocycles. The van der Waals surface area contributed by atoms with Gasteiger partial charge < -0.3 is 15.2 Å². The predicted molar refractivity (Wildman–Crippen MR) is 55.7 cm³/mol. The molecule has 1 rings (SSSR count). The van der Waals surface area contributed by atoms with Gasteiger partial charge in [-0.25, -0.2) is 4.79 Å². The second kappa shape index (κ2) is 5.49. The van der Waals surface area contributed by atoms with Gasteiger partial charge in [0.15, 0.2) is 0 Å². The Morgan fingerprint density at radius 1 is 1.43 bits per heavy atom. The van der Waals surface area contributed by atoms with Crippen molar-refractivity contribution < 1.29 is 14.6 Å². The van der Waals surface area contributed by atoms with Crippen molar-refractivity contribution in [1.29, 1.82) is 0 Å². The van der Waals surface area contributed by atoms with Crippen LogP contribution >= 0.6 is 15.9 Å². The third kappa shape index (κ3) is 4.13. The zero-order valence-electron chi connectivity index (χ0n) is 7.37. The van der Waals surface area contributed by atoms with E-state index in [0.29, 0.717) is 6.61 Å². The maximum absolute atomic E-state index is 10.1. The highest BCUT2D eigenvalue weighted by molar-refractivity contribution is 9.10. The van der Waals surface area contributed by atoms with Gasteiger partial charge in [-0.15, -0.1) is 0 Å². The molecule has 76 valence electrons. The van der Waals surface area contributed by atoms with Gasteiger partial charge >= 0.3 is 6.09 Å². The van der Waals surface area contributed by atoms with Crippen LogP contribution in [0.5, 0.6) is 5.75 Å². The number of benzene rings is 1. The number of hydrogen-bond acceptors (Lipinski definition) is 2. The van der Waals surface area contributed by atoms with E-state index >= 15 is 0 Å². The lowest BCUT2D eigenvalue weighted by Gasteiger charge is -2.05. The Labute approximate surface area is 90.0 Å². The molecule has 14 heavy (non-hydrogen) atoms. The lowest BCUT2D eigenvalue weighted by molar-refractivity contribution is 0.191. The first-order valence-corrected chi connectivity index (χ1v) is 4.83. The number of nitrogens with one attached hydrogen (secondary N) is 1. The van der Waals surface area contributed by atoms with Crippen LogP contribution < -0.4 is 10.1 Å². The topological polar surface area (TPSA) is 58.6 Å². The monoisotopic (exact) mass is 259 g/mol. The SMILES string of the molecule is O=C(O)NCCOc1ccc(Br)cc1. The lowest BCUT2D eigenvalue weighted by atomic mass is 10.3.